The first-order chi connectivity index (χ1) is 9.86. The standard InChI is InChI=1S/C16H15Cl2N3/c1-16(2,3)10-7-5-4-6-9(10)14-19-12-8-11(17)13(18)20-15(12)21-14/h4-8H,1-3H3,(H,19,20,21). The van der Waals surface area contributed by atoms with Crippen molar-refractivity contribution < 1.29 is 0 Å². The van der Waals surface area contributed by atoms with Crippen molar-refractivity contribution in [3.63, 3.8) is 0 Å². The predicted molar refractivity (Wildman–Crippen MR) is 88.0 cm³/mol. The minimum atomic E-state index is 0.0261. The van der Waals surface area contributed by atoms with Crippen LogP contribution in [0.3, 0.4) is 0 Å². The summed E-state index contributed by atoms with van der Waals surface area (Å²) in [6.07, 6.45) is 0. The molecule has 1 N–H and O–H groups in total. The highest BCUT2D eigenvalue weighted by molar-refractivity contribution is 6.41. The normalized spacial score (nSPS) is 12.0. The van der Waals surface area contributed by atoms with Crippen LogP contribution in [0.15, 0.2) is 30.3 Å². The molecule has 2 heterocycles. The number of aromatic nitrogens is 3. The van der Waals surface area contributed by atoms with Crippen LogP contribution < -0.4 is 0 Å². The van der Waals surface area contributed by atoms with Crippen LogP contribution in [0.4, 0.5) is 0 Å². The van der Waals surface area contributed by atoms with E-state index in [1.54, 1.807) is 6.07 Å². The third-order valence-electron chi connectivity index (χ3n) is 3.37. The summed E-state index contributed by atoms with van der Waals surface area (Å²) in [6, 6.07) is 9.98. The summed E-state index contributed by atoms with van der Waals surface area (Å²) in [5.41, 5.74) is 3.67. The first-order valence-corrected chi connectivity index (χ1v) is 7.43. The van der Waals surface area contributed by atoms with Gasteiger partial charge in [-0.15, -0.1) is 0 Å². The lowest BCUT2D eigenvalue weighted by molar-refractivity contribution is 0.591. The zero-order valence-corrected chi connectivity index (χ0v) is 13.5. The molecule has 0 aliphatic carbocycles. The highest BCUT2D eigenvalue weighted by Crippen LogP contribution is 2.33. The van der Waals surface area contributed by atoms with E-state index in [1.165, 1.54) is 5.56 Å². The quantitative estimate of drug-likeness (QED) is 0.624. The van der Waals surface area contributed by atoms with Crippen LogP contribution in [-0.4, -0.2) is 15.0 Å². The number of pyridine rings is 1. The van der Waals surface area contributed by atoms with E-state index in [2.05, 4.69) is 47.9 Å². The molecule has 0 fully saturated rings. The van der Waals surface area contributed by atoms with Crippen molar-refractivity contribution >= 4 is 34.4 Å². The third-order valence-corrected chi connectivity index (χ3v) is 4.05. The Labute approximate surface area is 133 Å². The highest BCUT2D eigenvalue weighted by atomic mass is 35.5. The molecule has 2 aromatic heterocycles. The Kier molecular flexibility index (Phi) is 3.42. The number of H-pyrrole nitrogens is 1. The van der Waals surface area contributed by atoms with Gasteiger partial charge in [0.2, 0.25) is 0 Å². The molecule has 0 aliphatic heterocycles. The van der Waals surface area contributed by atoms with Gasteiger partial charge in [0.25, 0.3) is 0 Å². The second kappa shape index (κ2) is 5.00. The Balaban J connectivity index is 2.22. The van der Waals surface area contributed by atoms with Crippen molar-refractivity contribution in [3.8, 4) is 11.4 Å². The SMILES string of the molecule is CC(C)(C)c1ccccc1-c1nc2nc(Cl)c(Cl)cc2[nH]1. The lowest BCUT2D eigenvalue weighted by atomic mass is 9.83. The molecule has 0 saturated carbocycles. The number of aromatic amines is 1. The minimum Gasteiger partial charge on any atom is -0.337 e. The number of halogens is 2. The number of benzene rings is 1. The number of nitrogens with one attached hydrogen (secondary N) is 1. The van der Waals surface area contributed by atoms with Gasteiger partial charge >= 0.3 is 0 Å². The molecule has 1 aromatic carbocycles. The molecule has 0 radical (unpaired) electrons. The maximum absolute atomic E-state index is 6.00. The zero-order chi connectivity index (χ0) is 15.2. The van der Waals surface area contributed by atoms with E-state index in [0.717, 1.165) is 16.9 Å². The van der Waals surface area contributed by atoms with E-state index >= 15 is 0 Å². The Morgan fingerprint density at radius 2 is 1.76 bits per heavy atom. The Morgan fingerprint density at radius 1 is 1.05 bits per heavy atom. The molecule has 3 aromatic rings. The summed E-state index contributed by atoms with van der Waals surface area (Å²) in [6.45, 7) is 6.54. The monoisotopic (exact) mass is 319 g/mol. The van der Waals surface area contributed by atoms with Crippen LogP contribution in [0, 0.1) is 0 Å². The van der Waals surface area contributed by atoms with Gasteiger partial charge in [0.05, 0.1) is 10.5 Å². The van der Waals surface area contributed by atoms with E-state index in [4.69, 9.17) is 23.2 Å². The molecule has 3 rings (SSSR count). The van der Waals surface area contributed by atoms with Gasteiger partial charge in [-0.25, -0.2) is 9.97 Å². The van der Waals surface area contributed by atoms with Gasteiger partial charge in [-0.3, -0.25) is 0 Å². The van der Waals surface area contributed by atoms with Gasteiger partial charge in [-0.05, 0) is 17.0 Å². The molecule has 21 heavy (non-hydrogen) atoms. The van der Waals surface area contributed by atoms with Gasteiger partial charge in [-0.1, -0.05) is 68.2 Å². The van der Waals surface area contributed by atoms with Crippen molar-refractivity contribution in [2.45, 2.75) is 26.2 Å². The summed E-state index contributed by atoms with van der Waals surface area (Å²) < 4.78 is 0. The molecule has 0 spiro atoms. The number of fused-ring (bicyclic) bond motifs is 1. The summed E-state index contributed by atoms with van der Waals surface area (Å²) in [5.74, 6) is 0.779. The predicted octanol–water partition coefficient (Wildman–Crippen LogP) is 5.23. The average Bonchev–Trinajstić information content (AvgIpc) is 2.81. The van der Waals surface area contributed by atoms with Crippen molar-refractivity contribution in [1.29, 1.82) is 0 Å². The highest BCUT2D eigenvalue weighted by Gasteiger charge is 2.20. The first kappa shape index (κ1) is 14.4. The minimum absolute atomic E-state index is 0.0261. The second-order valence-electron chi connectivity index (χ2n) is 6.01. The summed E-state index contributed by atoms with van der Waals surface area (Å²) in [7, 11) is 0. The van der Waals surface area contributed by atoms with E-state index in [0.29, 0.717) is 10.7 Å². The summed E-state index contributed by atoms with van der Waals surface area (Å²) in [5, 5.41) is 0.690. The molecule has 108 valence electrons. The van der Waals surface area contributed by atoms with E-state index < -0.39 is 0 Å². The zero-order valence-electron chi connectivity index (χ0n) is 12.0. The van der Waals surface area contributed by atoms with E-state index in [1.807, 2.05) is 12.1 Å². The maximum Gasteiger partial charge on any atom is 0.179 e. The van der Waals surface area contributed by atoms with E-state index in [-0.39, 0.29) is 10.6 Å². The van der Waals surface area contributed by atoms with Crippen molar-refractivity contribution in [1.82, 2.24) is 15.0 Å². The summed E-state index contributed by atoms with van der Waals surface area (Å²) in [4.78, 5) is 12.0. The lowest BCUT2D eigenvalue weighted by Crippen LogP contribution is -2.12. The largest absolute Gasteiger partial charge is 0.337 e. The van der Waals surface area contributed by atoms with Gasteiger partial charge in [0, 0.05) is 5.56 Å². The van der Waals surface area contributed by atoms with Crippen LogP contribution in [0.25, 0.3) is 22.6 Å². The first-order valence-electron chi connectivity index (χ1n) is 6.68. The van der Waals surface area contributed by atoms with E-state index in [9.17, 15) is 0 Å². The molecule has 0 unspecified atom stereocenters. The Bertz CT molecular complexity index is 777. The van der Waals surface area contributed by atoms with Gasteiger partial charge < -0.3 is 4.98 Å². The molecular formula is C16H15Cl2N3. The molecule has 5 heteroatoms. The number of rotatable bonds is 1. The Hall–Kier alpha value is -1.58. The number of hydrogen-bond donors (Lipinski definition) is 1. The molecule has 0 bridgehead atoms. The second-order valence-corrected chi connectivity index (χ2v) is 6.78. The number of hydrogen-bond acceptors (Lipinski definition) is 2. The fourth-order valence-electron chi connectivity index (χ4n) is 2.37. The van der Waals surface area contributed by atoms with Crippen LogP contribution in [0.1, 0.15) is 26.3 Å². The fraction of sp³-hybridized carbons (Fsp3) is 0.250. The van der Waals surface area contributed by atoms with Crippen molar-refractivity contribution in [3.05, 3.63) is 46.1 Å². The number of imidazole rings is 1. The molecule has 3 nitrogen and oxygen atoms in total. The van der Waals surface area contributed by atoms with Crippen LogP contribution >= 0.6 is 23.2 Å². The smallest absolute Gasteiger partial charge is 0.179 e. The van der Waals surface area contributed by atoms with Gasteiger partial charge in [0.15, 0.2) is 5.65 Å². The molecular weight excluding hydrogens is 305 g/mol. The van der Waals surface area contributed by atoms with Crippen LogP contribution in [0.5, 0.6) is 0 Å². The van der Waals surface area contributed by atoms with Gasteiger partial charge in [0.1, 0.15) is 11.0 Å². The van der Waals surface area contributed by atoms with Crippen LogP contribution in [0.2, 0.25) is 10.2 Å². The lowest BCUT2D eigenvalue weighted by Gasteiger charge is -2.21. The fourth-order valence-corrected chi connectivity index (χ4v) is 2.65. The summed E-state index contributed by atoms with van der Waals surface area (Å²) >= 11 is 12.0. The molecule has 0 saturated heterocycles. The Morgan fingerprint density at radius 3 is 2.48 bits per heavy atom. The number of nitrogens with zero attached hydrogens (tertiary/aromatic N) is 2. The molecule has 0 amide bonds. The molecule has 0 aliphatic rings. The van der Waals surface area contributed by atoms with Crippen molar-refractivity contribution in [2.75, 3.05) is 0 Å². The topological polar surface area (TPSA) is 41.6 Å². The average molecular weight is 320 g/mol. The maximum atomic E-state index is 6.00. The van der Waals surface area contributed by atoms with Crippen molar-refractivity contribution in [2.24, 2.45) is 0 Å². The van der Waals surface area contributed by atoms with Crippen LogP contribution in [-0.2, 0) is 5.41 Å². The molecule has 0 atom stereocenters. The third kappa shape index (κ3) is 2.63. The van der Waals surface area contributed by atoms with Gasteiger partial charge in [-0.2, -0.15) is 0 Å².